The second-order valence-corrected chi connectivity index (χ2v) is 9.93. The molecule has 0 aliphatic carbocycles. The summed E-state index contributed by atoms with van der Waals surface area (Å²) in [7, 11) is 0. The van der Waals surface area contributed by atoms with Gasteiger partial charge in [-0.15, -0.1) is 21.5 Å². The molecular weight excluding hydrogens is 495 g/mol. The zero-order valence-corrected chi connectivity index (χ0v) is 20.6. The van der Waals surface area contributed by atoms with Gasteiger partial charge in [0.25, 0.3) is 5.56 Å². The molecule has 174 valence electrons. The molecule has 0 spiro atoms. The van der Waals surface area contributed by atoms with Gasteiger partial charge in [0.05, 0.1) is 18.7 Å². The summed E-state index contributed by atoms with van der Waals surface area (Å²) in [5.41, 5.74) is 2.42. The van der Waals surface area contributed by atoms with E-state index < -0.39 is 0 Å². The Morgan fingerprint density at radius 1 is 1.15 bits per heavy atom. The monoisotopic (exact) mass is 514 g/mol. The van der Waals surface area contributed by atoms with Crippen LogP contribution in [0.4, 0.5) is 4.39 Å². The third-order valence-electron chi connectivity index (χ3n) is 5.29. The minimum absolute atomic E-state index is 0.102. The van der Waals surface area contributed by atoms with E-state index in [-0.39, 0.29) is 11.4 Å². The zero-order chi connectivity index (χ0) is 23.7. The highest BCUT2D eigenvalue weighted by Crippen LogP contribution is 2.29. The number of nitrogens with zero attached hydrogens (tertiary/aromatic N) is 4. The number of thiophene rings is 1. The van der Waals surface area contributed by atoms with Crippen LogP contribution in [-0.4, -0.2) is 25.8 Å². The second kappa shape index (κ2) is 9.77. The van der Waals surface area contributed by atoms with Crippen molar-refractivity contribution in [1.82, 2.24) is 19.2 Å². The largest absolute Gasteiger partial charge is 0.494 e. The Labute approximate surface area is 208 Å². The molecule has 0 unspecified atom stereocenters. The van der Waals surface area contributed by atoms with E-state index in [1.807, 2.05) is 40.1 Å². The van der Waals surface area contributed by atoms with Crippen molar-refractivity contribution in [2.24, 2.45) is 0 Å². The Bertz CT molecular complexity index is 1530. The van der Waals surface area contributed by atoms with E-state index in [1.54, 1.807) is 10.6 Å². The quantitative estimate of drug-likeness (QED) is 0.237. The van der Waals surface area contributed by atoms with Crippen molar-refractivity contribution in [3.8, 4) is 5.75 Å². The van der Waals surface area contributed by atoms with Crippen molar-refractivity contribution < 1.29 is 9.13 Å². The molecule has 0 bridgehead atoms. The van der Waals surface area contributed by atoms with Crippen molar-refractivity contribution in [3.05, 3.63) is 86.2 Å². The first kappa shape index (κ1) is 22.9. The molecule has 5 aromatic rings. The van der Waals surface area contributed by atoms with Gasteiger partial charge in [-0.05, 0) is 53.3 Å². The van der Waals surface area contributed by atoms with Gasteiger partial charge in [-0.25, -0.2) is 4.39 Å². The summed E-state index contributed by atoms with van der Waals surface area (Å²) in [4.78, 5) is 13.3. The summed E-state index contributed by atoms with van der Waals surface area (Å²) in [6.45, 7) is 3.08. The highest BCUT2D eigenvalue weighted by Gasteiger charge is 2.18. The van der Waals surface area contributed by atoms with Crippen LogP contribution in [0.5, 0.6) is 5.75 Å². The van der Waals surface area contributed by atoms with Crippen LogP contribution < -0.4 is 10.3 Å². The SMILES string of the molecule is CCCOc1ccc(Cn2c(=O)c3sccc3n3c(SCc4ccc(F)cc4Cl)nnc23)cc1. The van der Waals surface area contributed by atoms with Gasteiger partial charge in [0.15, 0.2) is 5.16 Å². The van der Waals surface area contributed by atoms with Crippen LogP contribution in [0.25, 0.3) is 16.0 Å². The molecule has 6 nitrogen and oxygen atoms in total. The van der Waals surface area contributed by atoms with E-state index in [0.29, 0.717) is 39.6 Å². The van der Waals surface area contributed by atoms with Crippen molar-refractivity contribution in [1.29, 1.82) is 0 Å². The van der Waals surface area contributed by atoms with Crippen LogP contribution in [0.3, 0.4) is 0 Å². The van der Waals surface area contributed by atoms with Gasteiger partial charge in [-0.3, -0.25) is 13.8 Å². The number of benzene rings is 2. The smallest absolute Gasteiger partial charge is 0.273 e. The van der Waals surface area contributed by atoms with E-state index in [2.05, 4.69) is 17.1 Å². The average Bonchev–Trinajstić information content (AvgIpc) is 3.48. The summed E-state index contributed by atoms with van der Waals surface area (Å²) in [5.74, 6) is 1.39. The first-order valence-electron chi connectivity index (χ1n) is 10.7. The number of halogens is 2. The fourth-order valence-corrected chi connectivity index (χ4v) is 5.69. The molecule has 2 aromatic carbocycles. The fourth-order valence-electron chi connectivity index (χ4n) is 3.61. The molecular formula is C24H20ClFN4O2S2. The summed E-state index contributed by atoms with van der Waals surface area (Å²) in [6.07, 6.45) is 0.941. The van der Waals surface area contributed by atoms with E-state index in [0.717, 1.165) is 28.8 Å². The van der Waals surface area contributed by atoms with Gasteiger partial charge in [0.2, 0.25) is 5.78 Å². The lowest BCUT2D eigenvalue weighted by molar-refractivity contribution is 0.317. The predicted octanol–water partition coefficient (Wildman–Crippen LogP) is 6.03. The molecule has 0 saturated heterocycles. The highest BCUT2D eigenvalue weighted by molar-refractivity contribution is 7.98. The van der Waals surface area contributed by atoms with E-state index >= 15 is 0 Å². The minimum atomic E-state index is -0.374. The van der Waals surface area contributed by atoms with E-state index in [1.165, 1.54) is 35.2 Å². The Hall–Kier alpha value is -2.88. The Morgan fingerprint density at radius 2 is 1.97 bits per heavy atom. The molecule has 0 atom stereocenters. The summed E-state index contributed by atoms with van der Waals surface area (Å²) in [6, 6.07) is 14.0. The van der Waals surface area contributed by atoms with Crippen LogP contribution in [0.1, 0.15) is 24.5 Å². The lowest BCUT2D eigenvalue weighted by Gasteiger charge is -2.10. The van der Waals surface area contributed by atoms with Gasteiger partial charge in [0.1, 0.15) is 16.3 Å². The summed E-state index contributed by atoms with van der Waals surface area (Å²) in [5, 5.41) is 11.6. The molecule has 3 heterocycles. The molecule has 0 radical (unpaired) electrons. The van der Waals surface area contributed by atoms with Crippen LogP contribution in [-0.2, 0) is 12.3 Å². The molecule has 10 heteroatoms. The van der Waals surface area contributed by atoms with Gasteiger partial charge >= 0.3 is 0 Å². The van der Waals surface area contributed by atoms with Gasteiger partial charge in [-0.1, -0.05) is 48.5 Å². The highest BCUT2D eigenvalue weighted by atomic mass is 35.5. The number of fused-ring (bicyclic) bond motifs is 3. The predicted molar refractivity (Wildman–Crippen MR) is 135 cm³/mol. The van der Waals surface area contributed by atoms with Crippen molar-refractivity contribution in [3.63, 3.8) is 0 Å². The number of ether oxygens (including phenoxy) is 1. The first-order valence-corrected chi connectivity index (χ1v) is 12.9. The fraction of sp³-hybridized carbons (Fsp3) is 0.208. The van der Waals surface area contributed by atoms with Crippen LogP contribution in [0.15, 0.2) is 63.9 Å². The third-order valence-corrected chi connectivity index (χ3v) is 7.51. The molecule has 5 rings (SSSR count). The van der Waals surface area contributed by atoms with Crippen molar-refractivity contribution in [2.45, 2.75) is 30.8 Å². The minimum Gasteiger partial charge on any atom is -0.494 e. The lowest BCUT2D eigenvalue weighted by atomic mass is 10.2. The normalized spacial score (nSPS) is 11.5. The van der Waals surface area contributed by atoms with Crippen LogP contribution in [0, 0.1) is 5.82 Å². The zero-order valence-electron chi connectivity index (χ0n) is 18.2. The van der Waals surface area contributed by atoms with Crippen LogP contribution in [0.2, 0.25) is 5.02 Å². The first-order chi connectivity index (χ1) is 16.5. The maximum atomic E-state index is 13.4. The molecule has 3 aromatic heterocycles. The maximum Gasteiger partial charge on any atom is 0.273 e. The molecule has 0 saturated carbocycles. The number of thioether (sulfide) groups is 1. The molecule has 34 heavy (non-hydrogen) atoms. The Morgan fingerprint density at radius 3 is 2.74 bits per heavy atom. The molecule has 0 amide bonds. The van der Waals surface area contributed by atoms with Crippen molar-refractivity contribution >= 4 is 50.7 Å². The second-order valence-electron chi connectivity index (χ2n) is 7.66. The maximum absolute atomic E-state index is 13.4. The van der Waals surface area contributed by atoms with Gasteiger partial charge < -0.3 is 4.74 Å². The average molecular weight is 515 g/mol. The topological polar surface area (TPSA) is 61.4 Å². The Kier molecular flexibility index (Phi) is 6.58. The van der Waals surface area contributed by atoms with Crippen molar-refractivity contribution in [2.75, 3.05) is 6.61 Å². The summed E-state index contributed by atoms with van der Waals surface area (Å²) < 4.78 is 23.2. The summed E-state index contributed by atoms with van der Waals surface area (Å²) >= 11 is 9.02. The van der Waals surface area contributed by atoms with E-state index in [9.17, 15) is 9.18 Å². The van der Waals surface area contributed by atoms with Gasteiger partial charge in [-0.2, -0.15) is 0 Å². The molecule has 0 aliphatic heterocycles. The third kappa shape index (κ3) is 4.43. The molecule has 0 aliphatic rings. The molecule has 0 N–H and O–H groups in total. The number of rotatable bonds is 8. The number of hydrogen-bond donors (Lipinski definition) is 0. The van der Waals surface area contributed by atoms with Crippen LogP contribution >= 0.6 is 34.7 Å². The Balaban J connectivity index is 1.51. The van der Waals surface area contributed by atoms with Gasteiger partial charge in [0, 0.05) is 10.8 Å². The molecule has 0 fully saturated rings. The standard InChI is InChI=1S/C24H20ClFN4O2S2/c1-2-10-32-18-7-3-15(4-8-18)13-29-22(31)21-20(9-11-33-21)30-23(29)27-28-24(30)34-14-16-5-6-17(26)12-19(16)25/h3-9,11-12H,2,10,13-14H2,1H3. The lowest BCUT2D eigenvalue weighted by Crippen LogP contribution is -2.23. The number of hydrogen-bond acceptors (Lipinski definition) is 6. The number of aromatic nitrogens is 4. The van der Waals surface area contributed by atoms with E-state index in [4.69, 9.17) is 16.3 Å².